The Hall–Kier alpha value is -0.0800. The van der Waals surface area contributed by atoms with E-state index in [1.165, 1.54) is 12.8 Å². The number of nitrogens with one attached hydrogen (secondary N) is 1. The van der Waals surface area contributed by atoms with Gasteiger partial charge in [0.15, 0.2) is 0 Å². The summed E-state index contributed by atoms with van der Waals surface area (Å²) in [6.45, 7) is 4.78. The van der Waals surface area contributed by atoms with E-state index in [0.29, 0.717) is 6.04 Å². The first kappa shape index (κ1) is 8.02. The molecule has 0 aliphatic heterocycles. The van der Waals surface area contributed by atoms with E-state index in [9.17, 15) is 0 Å². The second kappa shape index (κ2) is 3.35. The van der Waals surface area contributed by atoms with Crippen molar-refractivity contribution in [2.24, 2.45) is 5.92 Å². The highest BCUT2D eigenvalue weighted by Gasteiger charge is 2.34. The van der Waals surface area contributed by atoms with Gasteiger partial charge in [-0.05, 0) is 19.3 Å². The molecule has 0 amide bonds. The van der Waals surface area contributed by atoms with Crippen LogP contribution in [0.3, 0.4) is 0 Å². The van der Waals surface area contributed by atoms with Crippen LogP contribution in [-0.4, -0.2) is 23.8 Å². The minimum atomic E-state index is -0.196. The van der Waals surface area contributed by atoms with Crippen molar-refractivity contribution in [3.63, 3.8) is 0 Å². The molecule has 1 fully saturated rings. The molecule has 2 heteroatoms. The molecule has 0 aromatic rings. The van der Waals surface area contributed by atoms with Gasteiger partial charge in [-0.2, -0.15) is 0 Å². The predicted octanol–water partition coefficient (Wildman–Crippen LogP) is 0.755. The lowest BCUT2D eigenvalue weighted by Crippen LogP contribution is -2.27. The molecular weight excluding hydrogens is 126 g/mol. The summed E-state index contributed by atoms with van der Waals surface area (Å²) < 4.78 is 0. The van der Waals surface area contributed by atoms with Gasteiger partial charge in [-0.25, -0.2) is 0 Å². The van der Waals surface area contributed by atoms with Crippen molar-refractivity contribution in [3.8, 4) is 0 Å². The second-order valence-corrected chi connectivity index (χ2v) is 3.27. The maximum atomic E-state index is 8.93. The summed E-state index contributed by atoms with van der Waals surface area (Å²) in [4.78, 5) is 0. The van der Waals surface area contributed by atoms with E-state index in [1.54, 1.807) is 0 Å². The van der Waals surface area contributed by atoms with Crippen LogP contribution in [0.4, 0.5) is 0 Å². The van der Waals surface area contributed by atoms with Gasteiger partial charge in [-0.1, -0.05) is 13.3 Å². The van der Waals surface area contributed by atoms with Crippen LogP contribution >= 0.6 is 0 Å². The van der Waals surface area contributed by atoms with Gasteiger partial charge in [0.2, 0.25) is 0 Å². The summed E-state index contributed by atoms with van der Waals surface area (Å²) in [5.41, 5.74) is 0. The molecule has 1 rings (SSSR count). The number of hydrogen-bond donors (Lipinski definition) is 2. The maximum Gasteiger partial charge on any atom is 0.0636 e. The van der Waals surface area contributed by atoms with Gasteiger partial charge in [0, 0.05) is 12.6 Å². The normalized spacial score (nSPS) is 33.9. The lowest BCUT2D eigenvalue weighted by Gasteiger charge is -2.04. The Morgan fingerprint density at radius 2 is 2.40 bits per heavy atom. The van der Waals surface area contributed by atoms with Gasteiger partial charge in [0.05, 0.1) is 6.10 Å². The van der Waals surface area contributed by atoms with Gasteiger partial charge in [-0.3, -0.25) is 0 Å². The number of aliphatic hydroxyl groups is 1. The van der Waals surface area contributed by atoms with Crippen LogP contribution < -0.4 is 5.32 Å². The summed E-state index contributed by atoms with van der Waals surface area (Å²) in [7, 11) is 0. The third kappa shape index (κ3) is 2.27. The zero-order valence-corrected chi connectivity index (χ0v) is 6.80. The molecule has 2 N–H and O–H groups in total. The van der Waals surface area contributed by atoms with E-state index < -0.39 is 0 Å². The van der Waals surface area contributed by atoms with Crippen LogP contribution in [0.2, 0.25) is 0 Å². The Morgan fingerprint density at radius 1 is 1.70 bits per heavy atom. The first-order valence-corrected chi connectivity index (χ1v) is 4.15. The molecule has 0 aromatic carbocycles. The molecule has 2 nitrogen and oxygen atoms in total. The van der Waals surface area contributed by atoms with Crippen molar-refractivity contribution in [3.05, 3.63) is 0 Å². The van der Waals surface area contributed by atoms with Crippen molar-refractivity contribution in [2.45, 2.75) is 38.8 Å². The Bertz CT molecular complexity index is 103. The second-order valence-electron chi connectivity index (χ2n) is 3.27. The average molecular weight is 143 g/mol. The molecule has 0 saturated heterocycles. The minimum Gasteiger partial charge on any atom is -0.392 e. The molecule has 0 heterocycles. The number of aliphatic hydroxyl groups excluding tert-OH is 1. The van der Waals surface area contributed by atoms with E-state index in [1.807, 2.05) is 6.92 Å². The minimum absolute atomic E-state index is 0.196. The van der Waals surface area contributed by atoms with Crippen molar-refractivity contribution in [1.29, 1.82) is 0 Å². The SMILES string of the molecule is CCC1CC1NC[C@H](C)O. The fourth-order valence-electron chi connectivity index (χ4n) is 1.27. The monoisotopic (exact) mass is 143 g/mol. The van der Waals surface area contributed by atoms with Crippen LogP contribution in [-0.2, 0) is 0 Å². The number of hydrogen-bond acceptors (Lipinski definition) is 2. The standard InChI is InChI=1S/C8H17NO/c1-3-7-4-8(7)9-5-6(2)10/h6-10H,3-5H2,1-2H3/t6-,7?,8?/m0/s1. The van der Waals surface area contributed by atoms with Gasteiger partial charge in [0.1, 0.15) is 0 Å². The van der Waals surface area contributed by atoms with Crippen molar-refractivity contribution < 1.29 is 5.11 Å². The average Bonchev–Trinajstić information content (AvgIpc) is 2.61. The zero-order chi connectivity index (χ0) is 7.56. The van der Waals surface area contributed by atoms with Crippen molar-refractivity contribution in [2.75, 3.05) is 6.54 Å². The van der Waals surface area contributed by atoms with Gasteiger partial charge < -0.3 is 10.4 Å². The van der Waals surface area contributed by atoms with E-state index in [2.05, 4.69) is 12.2 Å². The molecule has 0 radical (unpaired) electrons. The Labute approximate surface area is 62.6 Å². The lowest BCUT2D eigenvalue weighted by atomic mass is 10.3. The van der Waals surface area contributed by atoms with Crippen LogP contribution in [0.1, 0.15) is 26.7 Å². The van der Waals surface area contributed by atoms with E-state index in [0.717, 1.165) is 12.5 Å². The van der Waals surface area contributed by atoms with E-state index >= 15 is 0 Å². The molecule has 1 aliphatic rings. The molecule has 2 unspecified atom stereocenters. The topological polar surface area (TPSA) is 32.3 Å². The smallest absolute Gasteiger partial charge is 0.0636 e. The van der Waals surface area contributed by atoms with Crippen LogP contribution in [0.25, 0.3) is 0 Å². The van der Waals surface area contributed by atoms with Gasteiger partial charge in [0.25, 0.3) is 0 Å². The Morgan fingerprint density at radius 3 is 2.80 bits per heavy atom. The molecule has 0 bridgehead atoms. The van der Waals surface area contributed by atoms with Crippen LogP contribution in [0.5, 0.6) is 0 Å². The summed E-state index contributed by atoms with van der Waals surface area (Å²) in [5, 5.41) is 12.2. The molecule has 60 valence electrons. The highest BCUT2D eigenvalue weighted by Crippen LogP contribution is 2.32. The quantitative estimate of drug-likeness (QED) is 0.609. The third-order valence-corrected chi connectivity index (χ3v) is 2.12. The molecular formula is C8H17NO. The largest absolute Gasteiger partial charge is 0.392 e. The highest BCUT2D eigenvalue weighted by atomic mass is 16.3. The van der Waals surface area contributed by atoms with E-state index in [-0.39, 0.29) is 6.10 Å². The third-order valence-electron chi connectivity index (χ3n) is 2.12. The fraction of sp³-hybridized carbons (Fsp3) is 1.00. The molecule has 0 aromatic heterocycles. The van der Waals surface area contributed by atoms with Crippen molar-refractivity contribution in [1.82, 2.24) is 5.32 Å². The first-order chi connectivity index (χ1) is 4.74. The van der Waals surface area contributed by atoms with Gasteiger partial charge >= 0.3 is 0 Å². The predicted molar refractivity (Wildman–Crippen MR) is 41.9 cm³/mol. The molecule has 1 aliphatic carbocycles. The molecule has 3 atom stereocenters. The van der Waals surface area contributed by atoms with Gasteiger partial charge in [-0.15, -0.1) is 0 Å². The molecule has 1 saturated carbocycles. The molecule has 10 heavy (non-hydrogen) atoms. The van der Waals surface area contributed by atoms with E-state index in [4.69, 9.17) is 5.11 Å². The van der Waals surface area contributed by atoms with Crippen LogP contribution in [0.15, 0.2) is 0 Å². The number of rotatable bonds is 4. The lowest BCUT2D eigenvalue weighted by molar-refractivity contribution is 0.190. The summed E-state index contributed by atoms with van der Waals surface area (Å²) >= 11 is 0. The molecule has 0 spiro atoms. The zero-order valence-electron chi connectivity index (χ0n) is 6.80. The fourth-order valence-corrected chi connectivity index (χ4v) is 1.27. The first-order valence-electron chi connectivity index (χ1n) is 4.15. The summed E-state index contributed by atoms with van der Waals surface area (Å²) in [5.74, 6) is 0.888. The van der Waals surface area contributed by atoms with Crippen LogP contribution in [0, 0.1) is 5.92 Å². The Balaban J connectivity index is 1.96. The summed E-state index contributed by atoms with van der Waals surface area (Å²) in [6.07, 6.45) is 2.39. The maximum absolute atomic E-state index is 8.93. The summed E-state index contributed by atoms with van der Waals surface area (Å²) in [6, 6.07) is 0.708. The van der Waals surface area contributed by atoms with Crippen molar-refractivity contribution >= 4 is 0 Å². The Kier molecular flexibility index (Phi) is 2.69. The highest BCUT2D eigenvalue weighted by molar-refractivity contribution is 4.91.